The van der Waals surface area contributed by atoms with Crippen LogP contribution in [0.3, 0.4) is 0 Å². The molecule has 0 amide bonds. The smallest absolute Gasteiger partial charge is 0.237 e. The zero-order chi connectivity index (χ0) is 20.0. The van der Waals surface area contributed by atoms with Crippen LogP contribution in [-0.2, 0) is 4.74 Å². The van der Waals surface area contributed by atoms with Gasteiger partial charge in [-0.1, -0.05) is 0 Å². The van der Waals surface area contributed by atoms with Crippen LogP contribution in [0.15, 0.2) is 30.7 Å². The number of imidazole rings is 2. The summed E-state index contributed by atoms with van der Waals surface area (Å²) in [7, 11) is 1.79. The molecule has 0 spiro atoms. The molecule has 0 atom stereocenters. The highest BCUT2D eigenvalue weighted by Gasteiger charge is 2.25. The number of nitriles is 1. The van der Waals surface area contributed by atoms with Gasteiger partial charge >= 0.3 is 0 Å². The number of nitrogens with zero attached hydrogens (tertiary/aromatic N) is 7. The predicted octanol–water partition coefficient (Wildman–Crippen LogP) is 3.48. The van der Waals surface area contributed by atoms with Gasteiger partial charge in [0, 0.05) is 13.2 Å². The topological polar surface area (TPSA) is 94.4 Å². The van der Waals surface area contributed by atoms with Gasteiger partial charge in [-0.05, 0) is 50.8 Å². The summed E-state index contributed by atoms with van der Waals surface area (Å²) in [6.07, 6.45) is 7.99. The SMILES string of the molecule is COC1CCC(n2c(C)nc3cnc(-n4cnc5ccc(C#N)cc54)nc32)CC1. The van der Waals surface area contributed by atoms with Gasteiger partial charge in [0.1, 0.15) is 17.7 Å². The van der Waals surface area contributed by atoms with Crippen molar-refractivity contribution in [2.45, 2.75) is 44.8 Å². The molecule has 1 saturated carbocycles. The van der Waals surface area contributed by atoms with Crippen LogP contribution in [0.2, 0.25) is 0 Å². The number of rotatable bonds is 3. The van der Waals surface area contributed by atoms with Crippen LogP contribution in [-0.4, -0.2) is 42.3 Å². The molecule has 29 heavy (non-hydrogen) atoms. The van der Waals surface area contributed by atoms with Crippen molar-refractivity contribution >= 4 is 22.2 Å². The Balaban J connectivity index is 1.60. The molecule has 3 aromatic heterocycles. The average molecular weight is 387 g/mol. The normalized spacial score (nSPS) is 19.6. The van der Waals surface area contributed by atoms with Crippen molar-refractivity contribution in [1.82, 2.24) is 29.1 Å². The summed E-state index contributed by atoms with van der Waals surface area (Å²) >= 11 is 0. The summed E-state index contributed by atoms with van der Waals surface area (Å²) < 4.78 is 9.58. The molecule has 1 aliphatic rings. The maximum atomic E-state index is 9.23. The second-order valence-corrected chi connectivity index (χ2v) is 7.50. The van der Waals surface area contributed by atoms with Crippen molar-refractivity contribution in [3.8, 4) is 12.0 Å². The lowest BCUT2D eigenvalue weighted by Gasteiger charge is -2.29. The van der Waals surface area contributed by atoms with Crippen LogP contribution in [0.5, 0.6) is 0 Å². The van der Waals surface area contributed by atoms with E-state index in [0.717, 1.165) is 53.7 Å². The summed E-state index contributed by atoms with van der Waals surface area (Å²) in [5.41, 5.74) is 3.83. The third kappa shape index (κ3) is 2.95. The Kier molecular flexibility index (Phi) is 4.25. The average Bonchev–Trinajstić information content (AvgIpc) is 3.32. The van der Waals surface area contributed by atoms with Crippen molar-refractivity contribution in [2.24, 2.45) is 0 Å². The fourth-order valence-electron chi connectivity index (χ4n) is 4.32. The van der Waals surface area contributed by atoms with Gasteiger partial charge in [-0.2, -0.15) is 10.2 Å². The third-order valence-corrected chi connectivity index (χ3v) is 5.83. The quantitative estimate of drug-likeness (QED) is 0.534. The molecule has 0 bridgehead atoms. The first-order valence-electron chi connectivity index (χ1n) is 9.80. The first-order valence-corrected chi connectivity index (χ1v) is 9.80. The molecule has 3 heterocycles. The monoisotopic (exact) mass is 387 g/mol. The number of aryl methyl sites for hydroxylation is 1. The number of hydrogen-bond donors (Lipinski definition) is 0. The third-order valence-electron chi connectivity index (χ3n) is 5.83. The lowest BCUT2D eigenvalue weighted by atomic mass is 9.92. The highest BCUT2D eigenvalue weighted by Crippen LogP contribution is 2.33. The fourth-order valence-corrected chi connectivity index (χ4v) is 4.32. The van der Waals surface area contributed by atoms with Gasteiger partial charge in [0.2, 0.25) is 5.95 Å². The number of benzene rings is 1. The second kappa shape index (κ2) is 6.94. The first-order chi connectivity index (χ1) is 14.2. The Labute approximate surface area is 167 Å². The highest BCUT2D eigenvalue weighted by molar-refractivity contribution is 5.79. The molecule has 0 aliphatic heterocycles. The maximum Gasteiger partial charge on any atom is 0.237 e. The Morgan fingerprint density at radius 3 is 2.69 bits per heavy atom. The van der Waals surface area contributed by atoms with Gasteiger partial charge in [-0.15, -0.1) is 0 Å². The van der Waals surface area contributed by atoms with E-state index in [1.807, 2.05) is 23.6 Å². The van der Waals surface area contributed by atoms with E-state index in [4.69, 9.17) is 9.72 Å². The predicted molar refractivity (Wildman–Crippen MR) is 108 cm³/mol. The first kappa shape index (κ1) is 17.8. The second-order valence-electron chi connectivity index (χ2n) is 7.50. The molecular formula is C21H21N7O. The van der Waals surface area contributed by atoms with Gasteiger partial charge in [0.25, 0.3) is 0 Å². The molecule has 0 N–H and O–H groups in total. The minimum Gasteiger partial charge on any atom is -0.381 e. The molecule has 0 saturated heterocycles. The molecule has 1 aliphatic carbocycles. The van der Waals surface area contributed by atoms with Crippen molar-refractivity contribution in [2.75, 3.05) is 7.11 Å². The minimum absolute atomic E-state index is 0.346. The number of hydrogen-bond acceptors (Lipinski definition) is 6. The Morgan fingerprint density at radius 2 is 1.93 bits per heavy atom. The molecule has 0 unspecified atom stereocenters. The van der Waals surface area contributed by atoms with Crippen molar-refractivity contribution < 1.29 is 4.74 Å². The van der Waals surface area contributed by atoms with Crippen molar-refractivity contribution in [3.05, 3.63) is 42.1 Å². The molecule has 8 nitrogen and oxygen atoms in total. The van der Waals surface area contributed by atoms with Crippen molar-refractivity contribution in [1.29, 1.82) is 5.26 Å². The molecule has 0 radical (unpaired) electrons. The van der Waals surface area contributed by atoms with E-state index in [0.29, 0.717) is 23.7 Å². The van der Waals surface area contributed by atoms with E-state index in [1.165, 1.54) is 0 Å². The molecule has 1 fully saturated rings. The van der Waals surface area contributed by atoms with Crippen LogP contribution in [0.25, 0.3) is 28.1 Å². The van der Waals surface area contributed by atoms with E-state index in [2.05, 4.69) is 25.6 Å². The highest BCUT2D eigenvalue weighted by atomic mass is 16.5. The fraction of sp³-hybridized carbons (Fsp3) is 0.381. The van der Waals surface area contributed by atoms with Crippen LogP contribution in [0.1, 0.15) is 43.1 Å². The number of aromatic nitrogens is 6. The summed E-state index contributed by atoms with van der Waals surface area (Å²) in [4.78, 5) is 18.5. The molecule has 5 rings (SSSR count). The zero-order valence-corrected chi connectivity index (χ0v) is 16.4. The number of fused-ring (bicyclic) bond motifs is 2. The molecule has 146 valence electrons. The minimum atomic E-state index is 0.346. The summed E-state index contributed by atoms with van der Waals surface area (Å²) in [5, 5.41) is 9.23. The number of ether oxygens (including phenoxy) is 1. The Bertz CT molecular complexity index is 1240. The standard InChI is InChI=1S/C21H21N7O/c1-13-25-18-11-23-21(27-12-24-17-8-3-14(10-22)9-19(17)27)26-20(18)28(13)15-4-6-16(29-2)7-5-15/h3,8-9,11-12,15-16H,4-7H2,1-2H3. The lowest BCUT2D eigenvalue weighted by molar-refractivity contribution is 0.0586. The largest absolute Gasteiger partial charge is 0.381 e. The molecule has 4 aromatic rings. The number of methoxy groups -OCH3 is 1. The van der Waals surface area contributed by atoms with Crippen LogP contribution in [0.4, 0.5) is 0 Å². The van der Waals surface area contributed by atoms with E-state index in [-0.39, 0.29) is 0 Å². The van der Waals surface area contributed by atoms with E-state index in [1.54, 1.807) is 25.7 Å². The Hall–Kier alpha value is -3.31. The summed E-state index contributed by atoms with van der Waals surface area (Å²) in [6, 6.07) is 7.95. The van der Waals surface area contributed by atoms with E-state index in [9.17, 15) is 5.26 Å². The van der Waals surface area contributed by atoms with Crippen LogP contribution >= 0.6 is 0 Å². The molecular weight excluding hydrogens is 366 g/mol. The van der Waals surface area contributed by atoms with E-state index >= 15 is 0 Å². The lowest BCUT2D eigenvalue weighted by Crippen LogP contribution is -2.23. The summed E-state index contributed by atoms with van der Waals surface area (Å²) in [6.45, 7) is 2.02. The van der Waals surface area contributed by atoms with Gasteiger partial charge in [-0.3, -0.25) is 4.57 Å². The molecule has 1 aromatic carbocycles. The van der Waals surface area contributed by atoms with Gasteiger partial charge in [0.05, 0.1) is 35.0 Å². The van der Waals surface area contributed by atoms with Crippen molar-refractivity contribution in [3.63, 3.8) is 0 Å². The maximum absolute atomic E-state index is 9.23. The van der Waals surface area contributed by atoms with Crippen LogP contribution in [0, 0.1) is 18.3 Å². The van der Waals surface area contributed by atoms with Gasteiger partial charge in [-0.25, -0.2) is 15.0 Å². The van der Waals surface area contributed by atoms with Crippen LogP contribution < -0.4 is 0 Å². The zero-order valence-electron chi connectivity index (χ0n) is 16.4. The Morgan fingerprint density at radius 1 is 1.10 bits per heavy atom. The van der Waals surface area contributed by atoms with E-state index < -0.39 is 0 Å². The molecule has 8 heteroatoms. The van der Waals surface area contributed by atoms with Gasteiger partial charge < -0.3 is 9.30 Å². The van der Waals surface area contributed by atoms with Gasteiger partial charge in [0.15, 0.2) is 5.65 Å². The summed E-state index contributed by atoms with van der Waals surface area (Å²) in [5.74, 6) is 1.48.